The minimum Gasteiger partial charge on any atom is -0.506 e. The van der Waals surface area contributed by atoms with Crippen LogP contribution in [0, 0.1) is 5.41 Å². The molecule has 0 unspecified atom stereocenters. The zero-order valence-electron chi connectivity index (χ0n) is 46.3. The number of aromatic nitrogens is 3. The molecule has 0 aliphatic heterocycles. The molecule has 21 heteroatoms. The van der Waals surface area contributed by atoms with E-state index in [1.807, 2.05) is 0 Å². The number of hydrogen-bond donors (Lipinski definition) is 6. The first-order valence-electron chi connectivity index (χ1n) is 26.9. The normalized spacial score (nSPS) is 12.1. The Morgan fingerprint density at radius 1 is 0.684 bits per heavy atom. The van der Waals surface area contributed by atoms with E-state index in [1.165, 1.54) is 151 Å². The van der Waals surface area contributed by atoms with Crippen molar-refractivity contribution in [3.8, 4) is 28.6 Å². The van der Waals surface area contributed by atoms with Gasteiger partial charge in [-0.05, 0) is 84.3 Å². The summed E-state index contributed by atoms with van der Waals surface area (Å²) in [5, 5.41) is 39.3. The highest BCUT2D eigenvalue weighted by atomic mass is 32.2. The molecule has 0 aliphatic rings. The number of carbonyl (C=O) groups is 2. The average molecular weight is 1120 g/mol. The molecule has 0 radical (unpaired) electrons. The highest BCUT2D eigenvalue weighted by molar-refractivity contribution is 7.93. The third kappa shape index (κ3) is 18.6. The van der Waals surface area contributed by atoms with Crippen LogP contribution in [0.4, 0.5) is 34.5 Å². The van der Waals surface area contributed by atoms with Crippen molar-refractivity contribution in [2.45, 2.75) is 160 Å². The van der Waals surface area contributed by atoms with Gasteiger partial charge in [-0.3, -0.25) is 24.0 Å². The predicted octanol–water partition coefficient (Wildman–Crippen LogP) is 14.3. The van der Waals surface area contributed by atoms with Crippen LogP contribution < -0.4 is 24.8 Å². The van der Waals surface area contributed by atoms with Gasteiger partial charge in [0, 0.05) is 42.2 Å². The molecule has 6 aromatic rings. The van der Waals surface area contributed by atoms with Gasteiger partial charge in [0.25, 0.3) is 26.0 Å². The topological polar surface area (TPSA) is 277 Å². The lowest BCUT2D eigenvalue weighted by Gasteiger charge is -2.34. The van der Waals surface area contributed by atoms with E-state index < -0.39 is 43.0 Å². The summed E-state index contributed by atoms with van der Waals surface area (Å²) in [4.78, 5) is 32.2. The Hall–Kier alpha value is -7.39. The van der Waals surface area contributed by atoms with Crippen molar-refractivity contribution in [1.29, 1.82) is 0 Å². The lowest BCUT2D eigenvalue weighted by atomic mass is 9.72. The monoisotopic (exact) mass is 1120 g/mol. The summed E-state index contributed by atoms with van der Waals surface area (Å²) in [5.41, 5.74) is 0.600. The first-order chi connectivity index (χ1) is 37.5. The first-order valence-corrected chi connectivity index (χ1v) is 29.9. The molecule has 424 valence electrons. The molecule has 19 nitrogen and oxygen atoms in total. The van der Waals surface area contributed by atoms with E-state index in [4.69, 9.17) is 9.26 Å². The summed E-state index contributed by atoms with van der Waals surface area (Å²) in [5.74, 6) is -1.38. The van der Waals surface area contributed by atoms with Crippen LogP contribution in [0.3, 0.4) is 0 Å². The van der Waals surface area contributed by atoms with Crippen LogP contribution in [0.2, 0.25) is 0 Å². The summed E-state index contributed by atoms with van der Waals surface area (Å²) >= 11 is 0. The summed E-state index contributed by atoms with van der Waals surface area (Å²) in [6.45, 7) is 14.5. The number of hydrogen-bond acceptors (Lipinski definition) is 15. The molecule has 0 atom stereocenters. The maximum Gasteiger partial charge on any atom is 0.366 e. The van der Waals surface area contributed by atoms with E-state index in [1.54, 1.807) is 18.2 Å². The minimum atomic E-state index is -4.47. The van der Waals surface area contributed by atoms with Crippen LogP contribution in [0.1, 0.15) is 161 Å². The zero-order chi connectivity index (χ0) is 57.2. The molecular weight excluding hydrogens is 1050 g/mol. The van der Waals surface area contributed by atoms with E-state index in [9.17, 15) is 36.6 Å². The average Bonchev–Trinajstić information content (AvgIpc) is 3.92. The number of carbonyl (C=O) groups excluding carboxylic acids is 2. The first kappa shape index (κ1) is 60.8. The van der Waals surface area contributed by atoms with E-state index in [2.05, 4.69) is 87.0 Å². The molecule has 79 heavy (non-hydrogen) atoms. The third-order valence-corrected chi connectivity index (χ3v) is 15.6. The Labute approximate surface area is 464 Å². The maximum absolute atomic E-state index is 14.0. The summed E-state index contributed by atoms with van der Waals surface area (Å²) in [7, 11) is -8.88. The molecule has 0 spiro atoms. The number of unbranched alkanes of at least 4 members (excludes halogenated alkanes) is 13. The number of phenols is 2. The smallest absolute Gasteiger partial charge is 0.366 e. The van der Waals surface area contributed by atoms with Gasteiger partial charge in [-0.15, -0.1) is 5.11 Å². The van der Waals surface area contributed by atoms with E-state index >= 15 is 0 Å². The van der Waals surface area contributed by atoms with Crippen molar-refractivity contribution < 1.29 is 45.9 Å². The molecule has 2 amide bonds. The Morgan fingerprint density at radius 2 is 1.29 bits per heavy atom. The number of pyridine rings is 1. The van der Waals surface area contributed by atoms with Crippen molar-refractivity contribution in [2.75, 3.05) is 26.7 Å². The molecule has 0 bridgehead atoms. The molecule has 0 fully saturated rings. The molecule has 0 aliphatic carbocycles. The number of rotatable bonds is 30. The summed E-state index contributed by atoms with van der Waals surface area (Å²) < 4.78 is 72.4. The van der Waals surface area contributed by atoms with Gasteiger partial charge < -0.3 is 30.1 Å². The van der Waals surface area contributed by atoms with Crippen molar-refractivity contribution in [3.63, 3.8) is 0 Å². The number of sulfonamides is 2. The number of aromatic hydroxyl groups is 2. The molecule has 0 saturated heterocycles. The number of amides is 2. The fourth-order valence-corrected chi connectivity index (χ4v) is 11.6. The fourth-order valence-electron chi connectivity index (χ4n) is 9.37. The van der Waals surface area contributed by atoms with Crippen molar-refractivity contribution in [1.82, 2.24) is 15.1 Å². The van der Waals surface area contributed by atoms with Gasteiger partial charge >= 0.3 is 6.01 Å². The highest BCUT2D eigenvalue weighted by Gasteiger charge is 2.32. The van der Waals surface area contributed by atoms with E-state index in [0.29, 0.717) is 17.9 Å². The van der Waals surface area contributed by atoms with Crippen LogP contribution in [-0.4, -0.2) is 60.6 Å². The van der Waals surface area contributed by atoms with Gasteiger partial charge in [-0.1, -0.05) is 153 Å². The number of nitrogens with zero attached hydrogens (tertiary/aromatic N) is 5. The number of benzene rings is 4. The number of azo groups is 1. The van der Waals surface area contributed by atoms with Gasteiger partial charge in [0.05, 0.1) is 44.7 Å². The molecule has 2 heterocycles. The number of phenolic OH excluding ortho intramolecular Hbond substituents is 2. The second-order valence-electron chi connectivity index (χ2n) is 21.6. The van der Waals surface area contributed by atoms with Gasteiger partial charge in [0.15, 0.2) is 5.75 Å². The Bertz CT molecular complexity index is 3270. The van der Waals surface area contributed by atoms with Gasteiger partial charge in [-0.2, -0.15) is 4.98 Å². The van der Waals surface area contributed by atoms with E-state index in [0.717, 1.165) is 37.3 Å². The van der Waals surface area contributed by atoms with Crippen molar-refractivity contribution >= 4 is 66.3 Å². The van der Waals surface area contributed by atoms with Crippen LogP contribution in [0.15, 0.2) is 122 Å². The number of nitrogens with one attached hydrogen (secondary N) is 4. The number of anilines is 4. The van der Waals surface area contributed by atoms with Gasteiger partial charge in [0.2, 0.25) is 11.7 Å². The van der Waals surface area contributed by atoms with Gasteiger partial charge in [-0.25, -0.2) is 16.8 Å². The quantitative estimate of drug-likeness (QED) is 0.0139. The SMILES string of the molecule is CCCCCCCCCCCCCCCCOc1cc(NS(=O)(=O)c2cccc(S(=O)(=O)Nc3cccc(-c4noc(N=Nc5cc(NC(C)=O)c(O)c(NC(=O)c6cccnc6)c5)n4)c3)c2)c(O)cc1C(C)(C)CC(C)(C)C. The van der Waals surface area contributed by atoms with Gasteiger partial charge in [0.1, 0.15) is 11.5 Å². The standard InChI is InChI=1S/C58H75N9O10S2/c1-8-9-10-11-12-13-14-15-16-17-18-19-20-21-31-76-52-37-48(51(69)36-47(52)58(6,7)39-57(3,4)5)67-79(74,75)46-29-23-28-45(35-46)78(72,73)66-43-27-22-25-41(32-43)54-62-56(77-65-54)64-63-44-33-49(60-40(2)68)53(70)50(34-44)61-55(71)42-26-24-30-59-38-42/h22-30,32-38,66-67,69-70H,8-21,31,39H2,1-7H3,(H,60,68)(H,61,71). The fraction of sp³-hybridized carbons (Fsp3) is 0.431. The molecule has 0 saturated carbocycles. The molecule has 6 rings (SSSR count). The lowest BCUT2D eigenvalue weighted by molar-refractivity contribution is -0.114. The van der Waals surface area contributed by atoms with Crippen molar-refractivity contribution in [2.24, 2.45) is 15.6 Å². The zero-order valence-corrected chi connectivity index (χ0v) is 47.9. The lowest BCUT2D eigenvalue weighted by Crippen LogP contribution is -2.26. The summed E-state index contributed by atoms with van der Waals surface area (Å²) in [6.07, 6.45) is 20.8. The maximum atomic E-state index is 14.0. The molecule has 2 aromatic heterocycles. The minimum absolute atomic E-state index is 0.000601. The van der Waals surface area contributed by atoms with E-state index in [-0.39, 0.29) is 66.8 Å². The summed E-state index contributed by atoms with van der Waals surface area (Å²) in [6, 6.07) is 19.3. The number of ether oxygens (including phenoxy) is 1. The molecule has 4 aromatic carbocycles. The Balaban J connectivity index is 1.11. The van der Waals surface area contributed by atoms with Crippen LogP contribution in [0.5, 0.6) is 17.2 Å². The van der Waals surface area contributed by atoms with Crippen LogP contribution >= 0.6 is 0 Å². The Morgan fingerprint density at radius 3 is 1.90 bits per heavy atom. The predicted molar refractivity (Wildman–Crippen MR) is 308 cm³/mol. The van der Waals surface area contributed by atoms with Crippen molar-refractivity contribution in [3.05, 3.63) is 108 Å². The molecular formula is C58H75N9O10S2. The highest BCUT2D eigenvalue weighted by Crippen LogP contribution is 2.45. The second kappa shape index (κ2) is 28.0. The molecule has 6 N–H and O–H groups in total. The van der Waals surface area contributed by atoms with Crippen LogP contribution in [0.25, 0.3) is 11.4 Å². The van der Waals surface area contributed by atoms with Crippen LogP contribution in [-0.2, 0) is 30.3 Å². The largest absolute Gasteiger partial charge is 0.506 e. The second-order valence-corrected chi connectivity index (χ2v) is 24.9. The third-order valence-electron chi connectivity index (χ3n) is 12.8. The Kier molecular flexibility index (Phi) is 21.5.